The van der Waals surface area contributed by atoms with E-state index in [-0.39, 0.29) is 0 Å². The van der Waals surface area contributed by atoms with E-state index in [2.05, 4.69) is 0 Å². The molecule has 1 fully saturated rings. The van der Waals surface area contributed by atoms with Crippen LogP contribution in [-0.4, -0.2) is 41.4 Å². The normalized spacial score (nSPS) is 40.5. The van der Waals surface area contributed by atoms with Crippen LogP contribution in [0.25, 0.3) is 0 Å². The van der Waals surface area contributed by atoms with Gasteiger partial charge in [-0.3, -0.25) is 4.90 Å². The van der Waals surface area contributed by atoms with Gasteiger partial charge in [0.1, 0.15) is 0 Å². The lowest BCUT2D eigenvalue weighted by Crippen LogP contribution is -2.42. The van der Waals surface area contributed by atoms with Crippen molar-refractivity contribution in [2.45, 2.75) is 11.3 Å². The second-order valence-corrected chi connectivity index (χ2v) is 3.45. The maximum atomic E-state index is 11.0. The Kier molecular flexibility index (Phi) is 1.44. The van der Waals surface area contributed by atoms with E-state index in [0.29, 0.717) is 0 Å². The Bertz CT molecular complexity index is 321. The minimum absolute atomic E-state index is 0.770. The van der Waals surface area contributed by atoms with Gasteiger partial charge in [-0.1, -0.05) is 12.2 Å². The maximum absolute atomic E-state index is 11.0. The van der Waals surface area contributed by atoms with Crippen molar-refractivity contribution in [1.29, 1.82) is 0 Å². The molecule has 0 aromatic rings. The molecule has 1 N–H and O–H groups in total. The number of epoxide rings is 1. The van der Waals surface area contributed by atoms with Gasteiger partial charge in [-0.05, 0) is 26.2 Å². The standard InChI is InChI=1S/C9H11NO3/c1-10(2)9-6-4-3-5-8(9,13-9)7(11)12/h3-6H,1-2H3,(H,11,12). The third-order valence-electron chi connectivity index (χ3n) is 2.55. The van der Waals surface area contributed by atoms with Gasteiger partial charge in [0.25, 0.3) is 0 Å². The SMILES string of the molecule is CN(C)C12C=CC=CC1(C(=O)O)O2. The minimum Gasteiger partial charge on any atom is -0.479 e. The fourth-order valence-electron chi connectivity index (χ4n) is 1.75. The Morgan fingerprint density at radius 3 is 2.46 bits per heavy atom. The largest absolute Gasteiger partial charge is 0.479 e. The molecule has 0 saturated carbocycles. The second kappa shape index (κ2) is 2.21. The summed E-state index contributed by atoms with van der Waals surface area (Å²) in [6.45, 7) is 0. The second-order valence-electron chi connectivity index (χ2n) is 3.45. The van der Waals surface area contributed by atoms with Crippen molar-refractivity contribution in [3.8, 4) is 0 Å². The molecule has 13 heavy (non-hydrogen) atoms. The smallest absolute Gasteiger partial charge is 0.345 e. The zero-order valence-electron chi connectivity index (χ0n) is 7.52. The van der Waals surface area contributed by atoms with E-state index in [1.165, 1.54) is 0 Å². The number of ether oxygens (including phenoxy) is 1. The number of fused-ring (bicyclic) bond motifs is 1. The van der Waals surface area contributed by atoms with Gasteiger partial charge in [0.2, 0.25) is 5.60 Å². The van der Waals surface area contributed by atoms with Gasteiger partial charge < -0.3 is 9.84 Å². The number of rotatable bonds is 2. The van der Waals surface area contributed by atoms with Gasteiger partial charge in [0.15, 0.2) is 5.72 Å². The summed E-state index contributed by atoms with van der Waals surface area (Å²) in [7, 11) is 3.60. The highest BCUT2D eigenvalue weighted by atomic mass is 16.7. The zero-order chi connectivity index (χ0) is 9.69. The van der Waals surface area contributed by atoms with E-state index < -0.39 is 17.3 Å². The minimum atomic E-state index is -1.16. The first-order chi connectivity index (χ1) is 6.05. The lowest BCUT2D eigenvalue weighted by molar-refractivity contribution is -0.141. The number of carboxylic acids is 1. The highest BCUT2D eigenvalue weighted by Gasteiger charge is 2.75. The molecule has 2 rings (SSSR count). The summed E-state index contributed by atoms with van der Waals surface area (Å²) in [5.74, 6) is -0.943. The van der Waals surface area contributed by atoms with Crippen molar-refractivity contribution >= 4 is 5.97 Å². The number of carboxylic acid groups (broad SMARTS) is 1. The molecule has 0 aromatic carbocycles. The van der Waals surface area contributed by atoms with E-state index in [4.69, 9.17) is 9.84 Å². The fraction of sp³-hybridized carbons (Fsp3) is 0.444. The number of allylic oxidation sites excluding steroid dienone is 2. The van der Waals surface area contributed by atoms with Crippen molar-refractivity contribution < 1.29 is 14.6 Å². The molecular weight excluding hydrogens is 170 g/mol. The zero-order valence-corrected chi connectivity index (χ0v) is 7.52. The summed E-state index contributed by atoms with van der Waals surface area (Å²) in [6.07, 6.45) is 6.84. The fourth-order valence-corrected chi connectivity index (χ4v) is 1.75. The lowest BCUT2D eigenvalue weighted by atomic mass is 9.94. The van der Waals surface area contributed by atoms with Gasteiger partial charge in [-0.25, -0.2) is 4.79 Å². The van der Waals surface area contributed by atoms with Crippen LogP contribution in [0.5, 0.6) is 0 Å². The summed E-state index contributed by atoms with van der Waals surface area (Å²) >= 11 is 0. The summed E-state index contributed by atoms with van der Waals surface area (Å²) in [6, 6.07) is 0. The van der Waals surface area contributed by atoms with Crippen LogP contribution in [0.2, 0.25) is 0 Å². The molecule has 2 aliphatic rings. The van der Waals surface area contributed by atoms with Crippen LogP contribution in [0.3, 0.4) is 0 Å². The van der Waals surface area contributed by atoms with Crippen molar-refractivity contribution in [3.63, 3.8) is 0 Å². The maximum Gasteiger partial charge on any atom is 0.345 e. The van der Waals surface area contributed by atoms with Crippen LogP contribution < -0.4 is 0 Å². The number of hydrogen-bond acceptors (Lipinski definition) is 3. The number of carbonyl (C=O) groups is 1. The molecule has 0 amide bonds. The topological polar surface area (TPSA) is 53.1 Å². The van der Waals surface area contributed by atoms with Crippen molar-refractivity contribution in [3.05, 3.63) is 24.3 Å². The van der Waals surface area contributed by atoms with Crippen molar-refractivity contribution in [2.24, 2.45) is 0 Å². The third-order valence-corrected chi connectivity index (χ3v) is 2.55. The Labute approximate surface area is 76.1 Å². The molecular formula is C9H11NO3. The van der Waals surface area contributed by atoms with Crippen LogP contribution in [0.1, 0.15) is 0 Å². The number of hydrogen-bond donors (Lipinski definition) is 1. The predicted octanol–water partition coefficient (Wildman–Crippen LogP) is 0.224. The molecule has 2 unspecified atom stereocenters. The van der Waals surface area contributed by atoms with Gasteiger partial charge >= 0.3 is 5.97 Å². The predicted molar refractivity (Wildman–Crippen MR) is 46.1 cm³/mol. The molecule has 0 radical (unpaired) electrons. The van der Waals surface area contributed by atoms with Crippen molar-refractivity contribution in [2.75, 3.05) is 14.1 Å². The Balaban J connectivity index is 2.41. The first kappa shape index (κ1) is 8.47. The van der Waals surface area contributed by atoms with Gasteiger partial charge in [-0.2, -0.15) is 0 Å². The molecule has 0 spiro atoms. The molecule has 1 aliphatic carbocycles. The van der Waals surface area contributed by atoms with E-state index in [1.54, 1.807) is 43.3 Å². The average Bonchev–Trinajstić information content (AvgIpc) is 2.75. The van der Waals surface area contributed by atoms with Gasteiger partial charge in [0.05, 0.1) is 0 Å². The molecule has 0 bridgehead atoms. The first-order valence-corrected chi connectivity index (χ1v) is 4.03. The van der Waals surface area contributed by atoms with Crippen molar-refractivity contribution in [1.82, 2.24) is 4.90 Å². The number of nitrogens with zero attached hydrogens (tertiary/aromatic N) is 1. The van der Waals surface area contributed by atoms with Crippen LogP contribution in [-0.2, 0) is 9.53 Å². The van der Waals surface area contributed by atoms with Gasteiger partial charge in [0, 0.05) is 0 Å². The number of likely N-dealkylation sites (N-methyl/N-ethyl adjacent to an activating group) is 1. The quantitative estimate of drug-likeness (QED) is 0.619. The van der Waals surface area contributed by atoms with E-state index >= 15 is 0 Å². The Morgan fingerprint density at radius 2 is 2.00 bits per heavy atom. The van der Waals surface area contributed by atoms with E-state index in [1.807, 2.05) is 0 Å². The highest BCUT2D eigenvalue weighted by molar-refractivity contribution is 5.87. The monoisotopic (exact) mass is 181 g/mol. The van der Waals surface area contributed by atoms with Crippen LogP contribution in [0.4, 0.5) is 0 Å². The summed E-state index contributed by atoms with van der Waals surface area (Å²) in [4.78, 5) is 12.8. The highest BCUT2D eigenvalue weighted by Crippen LogP contribution is 2.53. The molecule has 70 valence electrons. The Morgan fingerprint density at radius 1 is 1.38 bits per heavy atom. The summed E-state index contributed by atoms with van der Waals surface area (Å²) in [5.41, 5.74) is -1.93. The first-order valence-electron chi connectivity index (χ1n) is 4.03. The number of aliphatic carboxylic acids is 1. The van der Waals surface area contributed by atoms with Crippen LogP contribution in [0.15, 0.2) is 24.3 Å². The van der Waals surface area contributed by atoms with E-state index in [9.17, 15) is 4.79 Å². The van der Waals surface area contributed by atoms with E-state index in [0.717, 1.165) is 0 Å². The Hall–Kier alpha value is -1.13. The third kappa shape index (κ3) is 0.792. The average molecular weight is 181 g/mol. The van der Waals surface area contributed by atoms with Crippen LogP contribution >= 0.6 is 0 Å². The molecule has 1 aliphatic heterocycles. The summed E-state index contributed by atoms with van der Waals surface area (Å²) < 4.78 is 5.33. The van der Waals surface area contributed by atoms with Crippen LogP contribution in [0, 0.1) is 0 Å². The molecule has 4 heteroatoms. The molecule has 1 saturated heterocycles. The lowest BCUT2D eigenvalue weighted by Gasteiger charge is -2.20. The summed E-state index contributed by atoms with van der Waals surface area (Å²) in [5, 5.41) is 9.02. The van der Waals surface area contributed by atoms with Gasteiger partial charge in [-0.15, -0.1) is 0 Å². The molecule has 1 heterocycles. The molecule has 0 aromatic heterocycles. The molecule has 4 nitrogen and oxygen atoms in total. The molecule has 2 atom stereocenters.